The van der Waals surface area contributed by atoms with E-state index in [4.69, 9.17) is 9.84 Å². The van der Waals surface area contributed by atoms with Crippen LogP contribution in [0.2, 0.25) is 0 Å². The van der Waals surface area contributed by atoms with Gasteiger partial charge in [0.1, 0.15) is 5.75 Å². The number of esters is 1. The zero-order chi connectivity index (χ0) is 9.84. The molecular formula is C8H8O4S. The van der Waals surface area contributed by atoms with Crippen molar-refractivity contribution in [2.45, 2.75) is 13.3 Å². The minimum Gasteiger partial charge on any atom is -0.481 e. The van der Waals surface area contributed by atoms with E-state index in [1.165, 1.54) is 18.3 Å². The van der Waals surface area contributed by atoms with Crippen LogP contribution in [0.25, 0.3) is 0 Å². The molecule has 0 amide bonds. The van der Waals surface area contributed by atoms with Crippen molar-refractivity contribution in [2.24, 2.45) is 0 Å². The number of hydrogen-bond donors (Lipinski definition) is 1. The van der Waals surface area contributed by atoms with E-state index in [0.29, 0.717) is 10.6 Å². The molecule has 70 valence electrons. The summed E-state index contributed by atoms with van der Waals surface area (Å²) in [5, 5.41) is 10.2. The summed E-state index contributed by atoms with van der Waals surface area (Å²) < 4.78 is 4.79. The van der Waals surface area contributed by atoms with E-state index >= 15 is 0 Å². The lowest BCUT2D eigenvalue weighted by molar-refractivity contribution is -0.136. The second-order valence-corrected chi connectivity index (χ2v) is 3.37. The summed E-state index contributed by atoms with van der Waals surface area (Å²) in [5.41, 5.74) is 0. The number of carboxylic acids is 1. The molecule has 1 heterocycles. The van der Waals surface area contributed by atoms with Crippen LogP contribution in [-0.2, 0) is 16.0 Å². The Bertz CT molecular complexity index is 298. The maximum Gasteiger partial charge on any atom is 0.308 e. The predicted octanol–water partition coefficient (Wildman–Crippen LogP) is 1.30. The van der Waals surface area contributed by atoms with E-state index in [9.17, 15) is 9.59 Å². The Morgan fingerprint density at radius 2 is 2.31 bits per heavy atom. The summed E-state index contributed by atoms with van der Waals surface area (Å²) in [4.78, 5) is 21.5. The molecular weight excluding hydrogens is 192 g/mol. The van der Waals surface area contributed by atoms with Crippen LogP contribution in [0.4, 0.5) is 0 Å². The van der Waals surface area contributed by atoms with Crippen LogP contribution >= 0.6 is 11.3 Å². The Kier molecular flexibility index (Phi) is 3.02. The molecule has 0 fully saturated rings. The Morgan fingerprint density at radius 1 is 1.62 bits per heavy atom. The van der Waals surface area contributed by atoms with Gasteiger partial charge in [-0.1, -0.05) is 0 Å². The first-order valence-corrected chi connectivity index (χ1v) is 4.44. The molecule has 1 rings (SSSR count). The highest BCUT2D eigenvalue weighted by Crippen LogP contribution is 2.25. The van der Waals surface area contributed by atoms with E-state index in [1.54, 1.807) is 11.4 Å². The van der Waals surface area contributed by atoms with Crippen molar-refractivity contribution in [3.05, 3.63) is 16.3 Å². The van der Waals surface area contributed by atoms with Crippen molar-refractivity contribution in [3.63, 3.8) is 0 Å². The number of thiophene rings is 1. The third-order valence-electron chi connectivity index (χ3n) is 1.27. The second kappa shape index (κ2) is 4.04. The quantitative estimate of drug-likeness (QED) is 0.747. The molecule has 0 saturated heterocycles. The van der Waals surface area contributed by atoms with Gasteiger partial charge in [0, 0.05) is 6.92 Å². The van der Waals surface area contributed by atoms with Gasteiger partial charge < -0.3 is 9.84 Å². The molecule has 0 unspecified atom stereocenters. The maximum absolute atomic E-state index is 10.6. The van der Waals surface area contributed by atoms with Crippen molar-refractivity contribution in [3.8, 4) is 5.75 Å². The highest BCUT2D eigenvalue weighted by atomic mass is 32.1. The molecule has 0 aromatic carbocycles. The fraction of sp³-hybridized carbons (Fsp3) is 0.250. The molecule has 0 aliphatic rings. The van der Waals surface area contributed by atoms with Gasteiger partial charge >= 0.3 is 11.9 Å². The van der Waals surface area contributed by atoms with Crippen molar-refractivity contribution >= 4 is 23.3 Å². The van der Waals surface area contributed by atoms with Crippen molar-refractivity contribution in [1.29, 1.82) is 0 Å². The van der Waals surface area contributed by atoms with Gasteiger partial charge in [-0.2, -0.15) is 0 Å². The Balaban J connectivity index is 2.76. The van der Waals surface area contributed by atoms with Gasteiger partial charge in [0.25, 0.3) is 0 Å². The number of carbonyl (C=O) groups is 2. The van der Waals surface area contributed by atoms with Crippen LogP contribution in [0.1, 0.15) is 11.8 Å². The SMILES string of the molecule is CC(=O)Oc1ccsc1CC(=O)O. The number of carbonyl (C=O) groups excluding carboxylic acids is 1. The summed E-state index contributed by atoms with van der Waals surface area (Å²) in [6.07, 6.45) is -0.111. The van der Waals surface area contributed by atoms with Crippen LogP contribution in [0.5, 0.6) is 5.75 Å². The minimum atomic E-state index is -0.934. The molecule has 0 aliphatic heterocycles. The molecule has 0 spiro atoms. The van der Waals surface area contributed by atoms with Gasteiger partial charge in [-0.15, -0.1) is 11.3 Å². The molecule has 0 bridgehead atoms. The summed E-state index contributed by atoms with van der Waals surface area (Å²) in [6, 6.07) is 1.59. The molecule has 1 aromatic heterocycles. The Morgan fingerprint density at radius 3 is 2.85 bits per heavy atom. The summed E-state index contributed by atoms with van der Waals surface area (Å²) >= 11 is 1.26. The molecule has 0 atom stereocenters. The van der Waals surface area contributed by atoms with Crippen LogP contribution < -0.4 is 4.74 Å². The molecule has 5 heteroatoms. The summed E-state index contributed by atoms with van der Waals surface area (Å²) in [6.45, 7) is 1.28. The number of ether oxygens (including phenoxy) is 1. The standard InChI is InChI=1S/C8H8O4S/c1-5(9)12-6-2-3-13-7(6)4-8(10)11/h2-3H,4H2,1H3,(H,10,11). The Hall–Kier alpha value is -1.36. The van der Waals surface area contributed by atoms with Gasteiger partial charge in [0.15, 0.2) is 0 Å². The molecule has 1 N–H and O–H groups in total. The lowest BCUT2D eigenvalue weighted by atomic mass is 10.3. The van der Waals surface area contributed by atoms with Crippen LogP contribution in [0, 0.1) is 0 Å². The van der Waals surface area contributed by atoms with E-state index in [2.05, 4.69) is 0 Å². The predicted molar refractivity (Wildman–Crippen MR) is 47.0 cm³/mol. The average Bonchev–Trinajstić information content (AvgIpc) is 2.34. The van der Waals surface area contributed by atoms with E-state index in [1.807, 2.05) is 0 Å². The lowest BCUT2D eigenvalue weighted by Gasteiger charge is -1.99. The molecule has 4 nitrogen and oxygen atoms in total. The number of carboxylic acid groups (broad SMARTS) is 1. The monoisotopic (exact) mass is 200 g/mol. The largest absolute Gasteiger partial charge is 0.481 e. The first-order chi connectivity index (χ1) is 6.09. The van der Waals surface area contributed by atoms with Crippen molar-refractivity contribution in [1.82, 2.24) is 0 Å². The number of hydrogen-bond acceptors (Lipinski definition) is 4. The van der Waals surface area contributed by atoms with Crippen LogP contribution in [0.15, 0.2) is 11.4 Å². The van der Waals surface area contributed by atoms with E-state index < -0.39 is 11.9 Å². The van der Waals surface area contributed by atoms with E-state index in [-0.39, 0.29) is 6.42 Å². The molecule has 0 radical (unpaired) electrons. The zero-order valence-corrected chi connectivity index (χ0v) is 7.76. The minimum absolute atomic E-state index is 0.111. The first kappa shape index (κ1) is 9.73. The van der Waals surface area contributed by atoms with Gasteiger partial charge in [0.2, 0.25) is 0 Å². The highest BCUT2D eigenvalue weighted by Gasteiger charge is 2.10. The first-order valence-electron chi connectivity index (χ1n) is 3.56. The lowest BCUT2D eigenvalue weighted by Crippen LogP contribution is -2.04. The molecule has 0 aliphatic carbocycles. The van der Waals surface area contributed by atoms with Gasteiger partial charge in [0.05, 0.1) is 11.3 Å². The van der Waals surface area contributed by atoms with Crippen LogP contribution in [-0.4, -0.2) is 17.0 Å². The summed E-state index contributed by atoms with van der Waals surface area (Å²) in [7, 11) is 0. The highest BCUT2D eigenvalue weighted by molar-refractivity contribution is 7.10. The molecule has 0 saturated carbocycles. The van der Waals surface area contributed by atoms with Gasteiger partial charge in [-0.3, -0.25) is 9.59 Å². The van der Waals surface area contributed by atoms with Crippen molar-refractivity contribution < 1.29 is 19.4 Å². The smallest absolute Gasteiger partial charge is 0.308 e. The Labute approximate surface area is 78.8 Å². The molecule has 13 heavy (non-hydrogen) atoms. The fourth-order valence-electron chi connectivity index (χ4n) is 0.841. The average molecular weight is 200 g/mol. The zero-order valence-electron chi connectivity index (χ0n) is 6.94. The normalized spacial score (nSPS) is 9.62. The number of aliphatic carboxylic acids is 1. The summed E-state index contributed by atoms with van der Waals surface area (Å²) in [5.74, 6) is -1.03. The topological polar surface area (TPSA) is 63.6 Å². The van der Waals surface area contributed by atoms with Crippen molar-refractivity contribution in [2.75, 3.05) is 0 Å². The second-order valence-electron chi connectivity index (χ2n) is 2.37. The third kappa shape index (κ3) is 2.87. The van der Waals surface area contributed by atoms with E-state index in [0.717, 1.165) is 0 Å². The fourth-order valence-corrected chi connectivity index (χ4v) is 1.63. The molecule has 1 aromatic rings. The maximum atomic E-state index is 10.6. The number of rotatable bonds is 3. The van der Waals surface area contributed by atoms with Crippen LogP contribution in [0.3, 0.4) is 0 Å². The third-order valence-corrected chi connectivity index (χ3v) is 2.17. The van der Waals surface area contributed by atoms with Gasteiger partial charge in [-0.25, -0.2) is 0 Å². The van der Waals surface area contributed by atoms with Gasteiger partial charge in [-0.05, 0) is 11.4 Å².